The topological polar surface area (TPSA) is 68.2 Å². The van der Waals surface area contributed by atoms with Crippen LogP contribution in [0.2, 0.25) is 10.0 Å². The zero-order valence-electron chi connectivity index (χ0n) is 18.8. The van der Waals surface area contributed by atoms with Crippen molar-refractivity contribution in [1.29, 1.82) is 0 Å². The maximum atomic E-state index is 14.5. The molecule has 33 heavy (non-hydrogen) atoms. The molecule has 1 saturated carbocycles. The number of rotatable bonds is 6. The number of carbonyl (C=O) groups is 1. The SMILES string of the molecule is CC(C)Oc1cc2c(cc1C(=O)NC1CCCCC1)nc(Nc1c(Cl)ccc(Cl)c1F)n2C. The summed E-state index contributed by atoms with van der Waals surface area (Å²) < 4.78 is 22.3. The molecule has 1 amide bonds. The highest BCUT2D eigenvalue weighted by atomic mass is 35.5. The van der Waals surface area contributed by atoms with Crippen LogP contribution in [0.5, 0.6) is 5.75 Å². The van der Waals surface area contributed by atoms with E-state index in [1.54, 1.807) is 23.7 Å². The molecule has 0 bridgehead atoms. The molecule has 0 spiro atoms. The highest BCUT2D eigenvalue weighted by Gasteiger charge is 2.23. The molecule has 3 aromatic rings. The summed E-state index contributed by atoms with van der Waals surface area (Å²) in [5.74, 6) is -0.00289. The van der Waals surface area contributed by atoms with Crippen molar-refractivity contribution in [3.05, 3.63) is 45.7 Å². The monoisotopic (exact) mass is 492 g/mol. The number of aryl methyl sites for hydroxylation is 1. The Morgan fingerprint density at radius 1 is 1.18 bits per heavy atom. The molecule has 0 aliphatic heterocycles. The van der Waals surface area contributed by atoms with Crippen LogP contribution in [0.1, 0.15) is 56.3 Å². The fourth-order valence-corrected chi connectivity index (χ4v) is 4.47. The van der Waals surface area contributed by atoms with E-state index in [0.29, 0.717) is 22.8 Å². The van der Waals surface area contributed by atoms with Crippen LogP contribution in [0.15, 0.2) is 24.3 Å². The number of carbonyl (C=O) groups excluding carboxylic acids is 1. The lowest BCUT2D eigenvalue weighted by molar-refractivity contribution is 0.0922. The van der Waals surface area contributed by atoms with Crippen molar-refractivity contribution in [3.63, 3.8) is 0 Å². The number of ether oxygens (including phenoxy) is 1. The smallest absolute Gasteiger partial charge is 0.255 e. The molecule has 9 heteroatoms. The summed E-state index contributed by atoms with van der Waals surface area (Å²) in [6.07, 6.45) is 5.31. The standard InChI is InChI=1S/C24H27Cl2FN4O2/c1-13(2)33-20-12-19-18(11-15(20)23(32)28-14-7-5-4-6-8-14)29-24(31(19)3)30-22-17(26)10-9-16(25)21(22)27/h9-14H,4-8H2,1-3H3,(H,28,32)(H,29,30). The predicted octanol–water partition coefficient (Wildman–Crippen LogP) is 6.61. The fourth-order valence-electron chi connectivity index (χ4n) is 4.12. The zero-order chi connectivity index (χ0) is 23.7. The third-order valence-corrected chi connectivity index (χ3v) is 6.42. The van der Waals surface area contributed by atoms with Gasteiger partial charge in [-0.1, -0.05) is 42.5 Å². The van der Waals surface area contributed by atoms with Gasteiger partial charge in [0.15, 0.2) is 5.82 Å². The average molecular weight is 493 g/mol. The van der Waals surface area contributed by atoms with E-state index < -0.39 is 5.82 Å². The molecule has 0 unspecified atom stereocenters. The first-order valence-electron chi connectivity index (χ1n) is 11.1. The first-order chi connectivity index (χ1) is 15.7. The molecule has 1 fully saturated rings. The molecule has 4 rings (SSSR count). The van der Waals surface area contributed by atoms with E-state index in [1.165, 1.54) is 18.6 Å². The molecule has 0 atom stereocenters. The van der Waals surface area contributed by atoms with Crippen LogP contribution in [-0.4, -0.2) is 27.6 Å². The normalized spacial score (nSPS) is 14.6. The lowest BCUT2D eigenvalue weighted by Gasteiger charge is -2.23. The van der Waals surface area contributed by atoms with Gasteiger partial charge in [-0.15, -0.1) is 0 Å². The van der Waals surface area contributed by atoms with E-state index in [-0.39, 0.29) is 33.8 Å². The molecule has 176 valence electrons. The molecular formula is C24H27Cl2FN4O2. The van der Waals surface area contributed by atoms with Crippen molar-refractivity contribution in [2.45, 2.75) is 58.1 Å². The molecule has 6 nitrogen and oxygen atoms in total. The second kappa shape index (κ2) is 9.77. The number of nitrogens with zero attached hydrogens (tertiary/aromatic N) is 2. The van der Waals surface area contributed by atoms with Gasteiger partial charge in [0.2, 0.25) is 5.95 Å². The van der Waals surface area contributed by atoms with E-state index in [9.17, 15) is 9.18 Å². The quantitative estimate of drug-likeness (QED) is 0.379. The van der Waals surface area contributed by atoms with Gasteiger partial charge in [-0.2, -0.15) is 0 Å². The highest BCUT2D eigenvalue weighted by Crippen LogP contribution is 2.34. The van der Waals surface area contributed by atoms with Crippen LogP contribution >= 0.6 is 23.2 Å². The lowest BCUT2D eigenvalue weighted by atomic mass is 9.95. The van der Waals surface area contributed by atoms with E-state index >= 15 is 0 Å². The summed E-state index contributed by atoms with van der Waals surface area (Å²) in [5.41, 5.74) is 1.76. The van der Waals surface area contributed by atoms with Crippen molar-refractivity contribution in [2.24, 2.45) is 7.05 Å². The number of imidazole rings is 1. The van der Waals surface area contributed by atoms with Gasteiger partial charge in [-0.25, -0.2) is 9.37 Å². The Balaban J connectivity index is 1.72. The third-order valence-electron chi connectivity index (χ3n) is 5.81. The second-order valence-electron chi connectivity index (χ2n) is 8.65. The zero-order valence-corrected chi connectivity index (χ0v) is 20.4. The van der Waals surface area contributed by atoms with Gasteiger partial charge < -0.3 is 19.9 Å². The largest absolute Gasteiger partial charge is 0.490 e. The van der Waals surface area contributed by atoms with Crippen LogP contribution < -0.4 is 15.4 Å². The summed E-state index contributed by atoms with van der Waals surface area (Å²) in [4.78, 5) is 17.7. The summed E-state index contributed by atoms with van der Waals surface area (Å²) in [7, 11) is 1.79. The van der Waals surface area contributed by atoms with Crippen molar-refractivity contribution < 1.29 is 13.9 Å². The van der Waals surface area contributed by atoms with E-state index in [4.69, 9.17) is 27.9 Å². The lowest BCUT2D eigenvalue weighted by Crippen LogP contribution is -2.36. The van der Waals surface area contributed by atoms with Crippen LogP contribution in [0, 0.1) is 5.82 Å². The molecule has 1 aliphatic carbocycles. The number of fused-ring (bicyclic) bond motifs is 1. The number of halogens is 3. The molecule has 2 aromatic carbocycles. The van der Waals surface area contributed by atoms with Crippen LogP contribution in [0.4, 0.5) is 16.0 Å². The average Bonchev–Trinajstić information content (AvgIpc) is 3.08. The fraction of sp³-hybridized carbons (Fsp3) is 0.417. The van der Waals surface area contributed by atoms with Gasteiger partial charge in [-0.05, 0) is 44.9 Å². The van der Waals surface area contributed by atoms with Crippen LogP contribution in [0.25, 0.3) is 11.0 Å². The first kappa shape index (κ1) is 23.6. The second-order valence-corrected chi connectivity index (χ2v) is 9.46. The molecule has 0 saturated heterocycles. The Morgan fingerprint density at radius 2 is 1.88 bits per heavy atom. The van der Waals surface area contributed by atoms with Gasteiger partial charge in [0.1, 0.15) is 5.75 Å². The Labute approximate surface area is 202 Å². The summed E-state index contributed by atoms with van der Waals surface area (Å²) in [5, 5.41) is 6.21. The summed E-state index contributed by atoms with van der Waals surface area (Å²) >= 11 is 12.1. The minimum atomic E-state index is -0.660. The number of hydrogen-bond acceptors (Lipinski definition) is 4. The molecule has 0 radical (unpaired) electrons. The van der Waals surface area contributed by atoms with Gasteiger partial charge in [0.05, 0.1) is 38.4 Å². The van der Waals surface area contributed by atoms with Crippen molar-refractivity contribution in [3.8, 4) is 5.75 Å². The van der Waals surface area contributed by atoms with E-state index in [1.807, 2.05) is 13.8 Å². The van der Waals surface area contributed by atoms with Crippen molar-refractivity contribution >= 4 is 51.8 Å². The molecule has 2 N–H and O–H groups in total. The Hall–Kier alpha value is -2.51. The maximum Gasteiger partial charge on any atom is 0.255 e. The summed E-state index contributed by atoms with van der Waals surface area (Å²) in [6.45, 7) is 3.82. The predicted molar refractivity (Wildman–Crippen MR) is 131 cm³/mol. The van der Waals surface area contributed by atoms with Gasteiger partial charge in [-0.3, -0.25) is 4.79 Å². The third kappa shape index (κ3) is 5.04. The number of amides is 1. The number of hydrogen-bond donors (Lipinski definition) is 2. The number of aromatic nitrogens is 2. The maximum absolute atomic E-state index is 14.5. The first-order valence-corrected chi connectivity index (χ1v) is 11.9. The Kier molecular flexibility index (Phi) is 7.00. The van der Waals surface area contributed by atoms with Gasteiger partial charge >= 0.3 is 0 Å². The van der Waals surface area contributed by atoms with Crippen molar-refractivity contribution in [1.82, 2.24) is 14.9 Å². The molecule has 1 aliphatic rings. The van der Waals surface area contributed by atoms with Crippen LogP contribution in [-0.2, 0) is 7.05 Å². The van der Waals surface area contributed by atoms with E-state index in [2.05, 4.69) is 15.6 Å². The summed E-state index contributed by atoms with van der Waals surface area (Å²) in [6, 6.07) is 6.58. The van der Waals surface area contributed by atoms with Gasteiger partial charge in [0.25, 0.3) is 5.91 Å². The molecular weight excluding hydrogens is 466 g/mol. The minimum absolute atomic E-state index is 0.0384. The number of benzene rings is 2. The molecule has 1 aromatic heterocycles. The van der Waals surface area contributed by atoms with E-state index in [0.717, 1.165) is 31.2 Å². The highest BCUT2D eigenvalue weighted by molar-refractivity contribution is 6.35. The van der Waals surface area contributed by atoms with Crippen molar-refractivity contribution in [2.75, 3.05) is 5.32 Å². The Morgan fingerprint density at radius 3 is 2.58 bits per heavy atom. The number of anilines is 2. The Bertz CT molecular complexity index is 1190. The number of nitrogens with one attached hydrogen (secondary N) is 2. The molecule has 1 heterocycles. The van der Waals surface area contributed by atoms with Crippen LogP contribution in [0.3, 0.4) is 0 Å². The minimum Gasteiger partial charge on any atom is -0.490 e. The van der Waals surface area contributed by atoms with Gasteiger partial charge in [0, 0.05) is 19.2 Å².